The van der Waals surface area contributed by atoms with Crippen molar-refractivity contribution in [2.24, 2.45) is 0 Å². The number of halogens is 4. The highest BCUT2D eigenvalue weighted by Gasteiger charge is 2.24. The Bertz CT molecular complexity index is 1080. The zero-order chi connectivity index (χ0) is 22.4. The van der Waals surface area contributed by atoms with E-state index in [2.05, 4.69) is 10.1 Å². The number of thioether (sulfide) groups is 1. The molecule has 3 aromatic rings. The standard InChI is InChI=1S/C22H16ClF3N2O2S/c23-14-11-9-13(10-12-14)19(27)31-21(16-6-2-4-8-18(16)30-22(25)26)28-20(29)15-5-1-3-7-17(15)24/h1-12,21-22,27H,(H,28,29). The molecule has 4 nitrogen and oxygen atoms in total. The van der Waals surface area contributed by atoms with Crippen LogP contribution in [0.3, 0.4) is 0 Å². The molecule has 0 bridgehead atoms. The third-order valence-corrected chi connectivity index (χ3v) is 5.47. The molecule has 0 aliphatic heterocycles. The molecule has 9 heteroatoms. The summed E-state index contributed by atoms with van der Waals surface area (Å²) in [5, 5.41) is 10.5. The van der Waals surface area contributed by atoms with Crippen LogP contribution in [0.15, 0.2) is 72.8 Å². The van der Waals surface area contributed by atoms with Crippen LogP contribution in [0.2, 0.25) is 5.02 Å². The summed E-state index contributed by atoms with van der Waals surface area (Å²) >= 11 is 6.77. The number of ether oxygens (including phenoxy) is 1. The highest BCUT2D eigenvalue weighted by molar-refractivity contribution is 8.14. The van der Waals surface area contributed by atoms with Crippen molar-refractivity contribution in [1.29, 1.82) is 5.41 Å². The molecule has 0 saturated heterocycles. The van der Waals surface area contributed by atoms with Crippen molar-refractivity contribution in [2.75, 3.05) is 0 Å². The second-order valence-corrected chi connectivity index (χ2v) is 7.76. The van der Waals surface area contributed by atoms with Gasteiger partial charge in [-0.2, -0.15) is 8.78 Å². The topological polar surface area (TPSA) is 62.2 Å². The number of nitrogens with one attached hydrogen (secondary N) is 2. The van der Waals surface area contributed by atoms with Gasteiger partial charge in [0.1, 0.15) is 16.9 Å². The number of carbonyl (C=O) groups excluding carboxylic acids is 1. The van der Waals surface area contributed by atoms with Gasteiger partial charge in [0.05, 0.1) is 10.6 Å². The molecule has 160 valence electrons. The molecule has 31 heavy (non-hydrogen) atoms. The van der Waals surface area contributed by atoms with Crippen molar-refractivity contribution in [3.63, 3.8) is 0 Å². The van der Waals surface area contributed by atoms with Crippen LogP contribution >= 0.6 is 23.4 Å². The lowest BCUT2D eigenvalue weighted by molar-refractivity contribution is -0.0504. The van der Waals surface area contributed by atoms with E-state index in [1.807, 2.05) is 0 Å². The van der Waals surface area contributed by atoms with Gasteiger partial charge in [0.25, 0.3) is 5.91 Å². The smallest absolute Gasteiger partial charge is 0.387 e. The lowest BCUT2D eigenvalue weighted by Gasteiger charge is -2.22. The summed E-state index contributed by atoms with van der Waals surface area (Å²) < 4.78 is 44.4. The fourth-order valence-electron chi connectivity index (χ4n) is 2.70. The van der Waals surface area contributed by atoms with Gasteiger partial charge >= 0.3 is 6.61 Å². The van der Waals surface area contributed by atoms with Gasteiger partial charge in [0.2, 0.25) is 0 Å². The molecular formula is C22H16ClF3N2O2S. The normalized spacial score (nSPS) is 11.8. The molecule has 0 heterocycles. The number of alkyl halides is 2. The van der Waals surface area contributed by atoms with Crippen LogP contribution in [0.1, 0.15) is 26.9 Å². The quantitative estimate of drug-likeness (QED) is 0.246. The van der Waals surface area contributed by atoms with Gasteiger partial charge in [-0.3, -0.25) is 10.2 Å². The molecule has 1 amide bonds. The molecular weight excluding hydrogens is 449 g/mol. The Morgan fingerprint density at radius 2 is 1.65 bits per heavy atom. The molecule has 2 N–H and O–H groups in total. The second kappa shape index (κ2) is 10.4. The zero-order valence-electron chi connectivity index (χ0n) is 15.8. The SMILES string of the molecule is N=C(SC(NC(=O)c1ccccc1F)c1ccccc1OC(F)F)c1ccc(Cl)cc1. The van der Waals surface area contributed by atoms with Crippen molar-refractivity contribution in [3.05, 3.63) is 100 Å². The van der Waals surface area contributed by atoms with Crippen LogP contribution in [0, 0.1) is 11.2 Å². The first kappa shape index (κ1) is 22.7. The molecule has 0 saturated carbocycles. The molecule has 0 spiro atoms. The van der Waals surface area contributed by atoms with E-state index in [1.54, 1.807) is 30.3 Å². The first-order valence-corrected chi connectivity index (χ1v) is 10.2. The largest absolute Gasteiger partial charge is 0.434 e. The maximum absolute atomic E-state index is 14.1. The van der Waals surface area contributed by atoms with Crippen LogP contribution < -0.4 is 10.1 Å². The summed E-state index contributed by atoms with van der Waals surface area (Å²) in [7, 11) is 0. The summed E-state index contributed by atoms with van der Waals surface area (Å²) in [5.41, 5.74) is 0.501. The minimum absolute atomic E-state index is 0.0438. The van der Waals surface area contributed by atoms with E-state index in [9.17, 15) is 18.0 Å². The molecule has 0 aromatic heterocycles. The molecule has 1 atom stereocenters. The Morgan fingerprint density at radius 1 is 1.00 bits per heavy atom. The third-order valence-electron chi connectivity index (χ3n) is 4.14. The maximum Gasteiger partial charge on any atom is 0.387 e. The number of benzene rings is 3. The number of hydrogen-bond donors (Lipinski definition) is 2. The molecule has 3 rings (SSSR count). The van der Waals surface area contributed by atoms with Crippen LogP contribution in [-0.4, -0.2) is 17.6 Å². The van der Waals surface area contributed by atoms with E-state index < -0.39 is 23.7 Å². The highest BCUT2D eigenvalue weighted by atomic mass is 35.5. The fourth-order valence-corrected chi connectivity index (χ4v) is 3.82. The van der Waals surface area contributed by atoms with E-state index in [0.29, 0.717) is 10.6 Å². The summed E-state index contributed by atoms with van der Waals surface area (Å²) in [6.45, 7) is -3.08. The fraction of sp³-hybridized carbons (Fsp3) is 0.0909. The Labute approximate surface area is 185 Å². The Kier molecular flexibility index (Phi) is 7.59. The van der Waals surface area contributed by atoms with Gasteiger partial charge < -0.3 is 10.1 Å². The van der Waals surface area contributed by atoms with Crippen molar-refractivity contribution in [3.8, 4) is 5.75 Å². The minimum Gasteiger partial charge on any atom is -0.434 e. The Balaban J connectivity index is 1.94. The maximum atomic E-state index is 14.1. The average molecular weight is 465 g/mol. The van der Waals surface area contributed by atoms with Crippen LogP contribution in [-0.2, 0) is 0 Å². The van der Waals surface area contributed by atoms with Crippen LogP contribution in [0.5, 0.6) is 5.75 Å². The second-order valence-electron chi connectivity index (χ2n) is 6.20. The van der Waals surface area contributed by atoms with Crippen molar-refractivity contribution < 1.29 is 22.7 Å². The molecule has 0 aliphatic carbocycles. The summed E-state index contributed by atoms with van der Waals surface area (Å²) in [4.78, 5) is 12.7. The highest BCUT2D eigenvalue weighted by Crippen LogP contribution is 2.36. The van der Waals surface area contributed by atoms with E-state index >= 15 is 0 Å². The van der Waals surface area contributed by atoms with E-state index in [4.69, 9.17) is 17.0 Å². The molecule has 1 unspecified atom stereocenters. The van der Waals surface area contributed by atoms with Crippen molar-refractivity contribution >= 4 is 34.3 Å². The zero-order valence-corrected chi connectivity index (χ0v) is 17.4. The van der Waals surface area contributed by atoms with Crippen LogP contribution in [0.25, 0.3) is 0 Å². The van der Waals surface area contributed by atoms with Crippen molar-refractivity contribution in [2.45, 2.75) is 12.0 Å². The van der Waals surface area contributed by atoms with Crippen LogP contribution in [0.4, 0.5) is 13.2 Å². The summed E-state index contributed by atoms with van der Waals surface area (Å²) in [5.74, 6) is -1.65. The number of hydrogen-bond acceptors (Lipinski definition) is 4. The van der Waals surface area contributed by atoms with Gasteiger partial charge in [-0.25, -0.2) is 4.39 Å². The van der Waals surface area contributed by atoms with E-state index in [1.165, 1.54) is 36.4 Å². The van der Waals surface area contributed by atoms with Crippen molar-refractivity contribution in [1.82, 2.24) is 5.32 Å². The number of para-hydroxylation sites is 1. The number of carbonyl (C=O) groups is 1. The molecule has 0 fully saturated rings. The number of rotatable bonds is 7. The Hall–Kier alpha value is -2.97. The third kappa shape index (κ3) is 6.02. The predicted molar refractivity (Wildman–Crippen MR) is 116 cm³/mol. The monoisotopic (exact) mass is 464 g/mol. The average Bonchev–Trinajstić information content (AvgIpc) is 2.74. The summed E-state index contributed by atoms with van der Waals surface area (Å²) in [6.07, 6.45) is 0. The summed E-state index contributed by atoms with van der Waals surface area (Å²) in [6, 6.07) is 17.8. The van der Waals surface area contributed by atoms with E-state index in [-0.39, 0.29) is 21.9 Å². The van der Waals surface area contributed by atoms with E-state index in [0.717, 1.165) is 17.8 Å². The van der Waals surface area contributed by atoms with Gasteiger partial charge in [0.15, 0.2) is 0 Å². The van der Waals surface area contributed by atoms with Gasteiger partial charge in [-0.1, -0.05) is 65.8 Å². The molecule has 3 aromatic carbocycles. The number of amides is 1. The minimum atomic E-state index is -3.08. The predicted octanol–water partition coefficient (Wildman–Crippen LogP) is 6.27. The lowest BCUT2D eigenvalue weighted by Crippen LogP contribution is -2.28. The molecule has 0 radical (unpaired) electrons. The lowest BCUT2D eigenvalue weighted by atomic mass is 10.1. The van der Waals surface area contributed by atoms with Gasteiger partial charge in [-0.05, 0) is 30.3 Å². The first-order chi connectivity index (χ1) is 14.8. The Morgan fingerprint density at radius 3 is 2.32 bits per heavy atom. The first-order valence-electron chi connectivity index (χ1n) is 8.95. The molecule has 0 aliphatic rings. The van der Waals surface area contributed by atoms with Gasteiger partial charge in [0, 0.05) is 16.1 Å². The van der Waals surface area contributed by atoms with Gasteiger partial charge in [-0.15, -0.1) is 0 Å².